The fraction of sp³-hybridized carbons (Fsp3) is 0.600. The standard InChI is InChI=1S/C20H29N5O/c1-17-4-3-5-19(22-17)15-24-8-6-20(7-9-24)16-25(10-11-26-20)14-18-12-21-23(2)13-18/h3-5,12-13H,6-11,14-16H2,1-2H3. The zero-order valence-electron chi connectivity index (χ0n) is 15.9. The molecule has 0 aromatic carbocycles. The van der Waals surface area contributed by atoms with Gasteiger partial charge in [0.05, 0.1) is 24.1 Å². The Morgan fingerprint density at radius 2 is 1.96 bits per heavy atom. The molecule has 26 heavy (non-hydrogen) atoms. The molecular formula is C20H29N5O. The van der Waals surface area contributed by atoms with E-state index in [1.54, 1.807) is 0 Å². The zero-order chi connectivity index (χ0) is 18.0. The van der Waals surface area contributed by atoms with Crippen LogP contribution < -0.4 is 0 Å². The van der Waals surface area contributed by atoms with Crippen LogP contribution in [0.4, 0.5) is 0 Å². The number of rotatable bonds is 4. The number of aromatic nitrogens is 3. The molecule has 0 N–H and O–H groups in total. The third-order valence-electron chi connectivity index (χ3n) is 5.59. The summed E-state index contributed by atoms with van der Waals surface area (Å²) in [6.07, 6.45) is 6.28. The normalized spacial score (nSPS) is 21.3. The van der Waals surface area contributed by atoms with Crippen LogP contribution in [0.25, 0.3) is 0 Å². The highest BCUT2D eigenvalue weighted by atomic mass is 16.5. The fourth-order valence-electron chi connectivity index (χ4n) is 4.21. The summed E-state index contributed by atoms with van der Waals surface area (Å²) in [7, 11) is 1.98. The van der Waals surface area contributed by atoms with Gasteiger partial charge in [0.15, 0.2) is 0 Å². The van der Waals surface area contributed by atoms with E-state index in [1.807, 2.05) is 17.9 Å². The Balaban J connectivity index is 1.32. The summed E-state index contributed by atoms with van der Waals surface area (Å²) < 4.78 is 8.17. The molecule has 4 heterocycles. The average Bonchev–Trinajstić information content (AvgIpc) is 3.02. The maximum absolute atomic E-state index is 6.29. The Bertz CT molecular complexity index is 735. The molecule has 0 atom stereocenters. The van der Waals surface area contributed by atoms with Crippen molar-refractivity contribution < 1.29 is 4.74 Å². The van der Waals surface area contributed by atoms with Crippen LogP contribution in [-0.2, 0) is 24.9 Å². The van der Waals surface area contributed by atoms with Gasteiger partial charge in [-0.25, -0.2) is 0 Å². The number of nitrogens with zero attached hydrogens (tertiary/aromatic N) is 5. The van der Waals surface area contributed by atoms with Crippen LogP contribution in [0, 0.1) is 6.92 Å². The lowest BCUT2D eigenvalue weighted by Gasteiger charge is -2.47. The van der Waals surface area contributed by atoms with Gasteiger partial charge in [0.2, 0.25) is 0 Å². The Morgan fingerprint density at radius 3 is 2.69 bits per heavy atom. The van der Waals surface area contributed by atoms with E-state index in [0.717, 1.165) is 64.4 Å². The van der Waals surface area contributed by atoms with Crippen LogP contribution in [0.5, 0.6) is 0 Å². The van der Waals surface area contributed by atoms with Gasteiger partial charge in [-0.3, -0.25) is 19.5 Å². The fourth-order valence-corrected chi connectivity index (χ4v) is 4.21. The quantitative estimate of drug-likeness (QED) is 0.839. The largest absolute Gasteiger partial charge is 0.372 e. The molecule has 2 aliphatic heterocycles. The molecule has 6 nitrogen and oxygen atoms in total. The summed E-state index contributed by atoms with van der Waals surface area (Å²) in [5.74, 6) is 0. The lowest BCUT2D eigenvalue weighted by atomic mass is 9.89. The number of morpholine rings is 1. The molecule has 2 aromatic rings. The summed E-state index contributed by atoms with van der Waals surface area (Å²) in [6, 6.07) is 6.29. The average molecular weight is 355 g/mol. The van der Waals surface area contributed by atoms with E-state index in [1.165, 1.54) is 11.3 Å². The third kappa shape index (κ3) is 4.14. The van der Waals surface area contributed by atoms with Crippen molar-refractivity contribution in [1.29, 1.82) is 0 Å². The zero-order valence-corrected chi connectivity index (χ0v) is 15.9. The highest BCUT2D eigenvalue weighted by Crippen LogP contribution is 2.31. The minimum atomic E-state index is 0.0248. The summed E-state index contributed by atoms with van der Waals surface area (Å²) in [5.41, 5.74) is 3.57. The van der Waals surface area contributed by atoms with Gasteiger partial charge in [-0.2, -0.15) is 5.10 Å². The van der Waals surface area contributed by atoms with Crippen LogP contribution in [0.15, 0.2) is 30.6 Å². The Hall–Kier alpha value is -1.76. The molecule has 0 radical (unpaired) electrons. The number of likely N-dealkylation sites (tertiary alicyclic amines) is 1. The molecule has 2 aromatic heterocycles. The first-order valence-corrected chi connectivity index (χ1v) is 9.59. The summed E-state index contributed by atoms with van der Waals surface area (Å²) in [4.78, 5) is 9.68. The van der Waals surface area contributed by atoms with Gasteiger partial charge in [0, 0.05) is 63.8 Å². The van der Waals surface area contributed by atoms with Gasteiger partial charge < -0.3 is 4.74 Å². The highest BCUT2D eigenvalue weighted by Gasteiger charge is 2.39. The van der Waals surface area contributed by atoms with Crippen molar-refractivity contribution in [3.05, 3.63) is 47.5 Å². The van der Waals surface area contributed by atoms with Crippen LogP contribution in [0.3, 0.4) is 0 Å². The van der Waals surface area contributed by atoms with Crippen molar-refractivity contribution in [3.63, 3.8) is 0 Å². The van der Waals surface area contributed by atoms with E-state index >= 15 is 0 Å². The third-order valence-corrected chi connectivity index (χ3v) is 5.59. The van der Waals surface area contributed by atoms with Crippen molar-refractivity contribution in [2.75, 3.05) is 32.8 Å². The number of pyridine rings is 1. The molecule has 140 valence electrons. The maximum Gasteiger partial charge on any atom is 0.0833 e. The Labute approximate surface area is 155 Å². The molecule has 0 amide bonds. The van der Waals surface area contributed by atoms with E-state index in [2.05, 4.69) is 51.2 Å². The van der Waals surface area contributed by atoms with E-state index in [4.69, 9.17) is 4.74 Å². The molecule has 0 bridgehead atoms. The maximum atomic E-state index is 6.29. The number of aryl methyl sites for hydroxylation is 2. The predicted molar refractivity (Wildman–Crippen MR) is 101 cm³/mol. The van der Waals surface area contributed by atoms with Crippen molar-refractivity contribution >= 4 is 0 Å². The van der Waals surface area contributed by atoms with E-state index in [0.29, 0.717) is 0 Å². The van der Waals surface area contributed by atoms with Crippen LogP contribution in [0.2, 0.25) is 0 Å². The van der Waals surface area contributed by atoms with Crippen molar-refractivity contribution in [2.24, 2.45) is 7.05 Å². The Morgan fingerprint density at radius 1 is 1.12 bits per heavy atom. The lowest BCUT2D eigenvalue weighted by Crippen LogP contribution is -2.56. The molecule has 0 unspecified atom stereocenters. The number of ether oxygens (including phenoxy) is 1. The van der Waals surface area contributed by atoms with Crippen LogP contribution in [-0.4, -0.2) is 63.0 Å². The second-order valence-corrected chi connectivity index (χ2v) is 7.81. The second kappa shape index (κ2) is 7.47. The number of hydrogen-bond acceptors (Lipinski definition) is 5. The molecule has 2 fully saturated rings. The molecule has 6 heteroatoms. The van der Waals surface area contributed by atoms with Crippen molar-refractivity contribution in [1.82, 2.24) is 24.6 Å². The lowest BCUT2D eigenvalue weighted by molar-refractivity contribution is -0.138. The van der Waals surface area contributed by atoms with E-state index in [9.17, 15) is 0 Å². The first-order valence-electron chi connectivity index (χ1n) is 9.59. The molecule has 4 rings (SSSR count). The SMILES string of the molecule is Cc1cccc(CN2CCC3(CC2)CN(Cc2cnn(C)c2)CCO3)n1. The van der Waals surface area contributed by atoms with Gasteiger partial charge >= 0.3 is 0 Å². The van der Waals surface area contributed by atoms with Crippen LogP contribution >= 0.6 is 0 Å². The minimum Gasteiger partial charge on any atom is -0.372 e. The monoisotopic (exact) mass is 355 g/mol. The Kier molecular flexibility index (Phi) is 5.07. The second-order valence-electron chi connectivity index (χ2n) is 7.81. The van der Waals surface area contributed by atoms with Crippen molar-refractivity contribution in [2.45, 2.75) is 38.5 Å². The van der Waals surface area contributed by atoms with Crippen LogP contribution in [0.1, 0.15) is 29.8 Å². The predicted octanol–water partition coefficient (Wildman–Crippen LogP) is 1.99. The summed E-state index contributed by atoms with van der Waals surface area (Å²) >= 11 is 0. The summed E-state index contributed by atoms with van der Waals surface area (Å²) in [6.45, 7) is 8.99. The smallest absolute Gasteiger partial charge is 0.0833 e. The minimum absolute atomic E-state index is 0.0248. The number of hydrogen-bond donors (Lipinski definition) is 0. The molecular weight excluding hydrogens is 326 g/mol. The molecule has 0 aliphatic carbocycles. The molecule has 1 spiro atoms. The number of piperidine rings is 1. The van der Waals surface area contributed by atoms with E-state index in [-0.39, 0.29) is 5.60 Å². The van der Waals surface area contributed by atoms with Gasteiger partial charge in [0.25, 0.3) is 0 Å². The highest BCUT2D eigenvalue weighted by molar-refractivity contribution is 5.10. The van der Waals surface area contributed by atoms with Gasteiger partial charge in [-0.1, -0.05) is 6.07 Å². The molecule has 0 saturated carbocycles. The molecule has 2 saturated heterocycles. The first-order chi connectivity index (χ1) is 12.6. The molecule has 2 aliphatic rings. The topological polar surface area (TPSA) is 46.4 Å². The van der Waals surface area contributed by atoms with Crippen molar-refractivity contribution in [3.8, 4) is 0 Å². The van der Waals surface area contributed by atoms with Gasteiger partial charge in [0.1, 0.15) is 0 Å². The van der Waals surface area contributed by atoms with Gasteiger partial charge in [-0.15, -0.1) is 0 Å². The van der Waals surface area contributed by atoms with Gasteiger partial charge in [-0.05, 0) is 31.9 Å². The van der Waals surface area contributed by atoms with E-state index < -0.39 is 0 Å². The summed E-state index contributed by atoms with van der Waals surface area (Å²) in [5, 5.41) is 4.29. The first kappa shape index (κ1) is 17.6.